The second-order valence-corrected chi connectivity index (χ2v) is 3.22. The molecular formula is C10H17N3O2. The Kier molecular flexibility index (Phi) is 5.47. The second kappa shape index (κ2) is 7.00. The Morgan fingerprint density at radius 2 is 2.47 bits per heavy atom. The maximum absolute atomic E-state index is 11.3. The van der Waals surface area contributed by atoms with Crippen LogP contribution >= 0.6 is 0 Å². The van der Waals surface area contributed by atoms with Crippen LogP contribution in [0.5, 0.6) is 0 Å². The number of nitrogens with one attached hydrogen (secondary N) is 2. The van der Waals surface area contributed by atoms with Crippen molar-refractivity contribution in [2.45, 2.75) is 26.3 Å². The fourth-order valence-electron chi connectivity index (χ4n) is 1.08. The van der Waals surface area contributed by atoms with Gasteiger partial charge in [0.05, 0.1) is 18.8 Å². The van der Waals surface area contributed by atoms with E-state index >= 15 is 0 Å². The van der Waals surface area contributed by atoms with Crippen LogP contribution in [0.4, 0.5) is 0 Å². The van der Waals surface area contributed by atoms with Crippen LogP contribution in [0.2, 0.25) is 0 Å². The summed E-state index contributed by atoms with van der Waals surface area (Å²) in [7, 11) is 0. The first-order valence-corrected chi connectivity index (χ1v) is 5.15. The van der Waals surface area contributed by atoms with Gasteiger partial charge in [-0.1, -0.05) is 6.92 Å². The summed E-state index contributed by atoms with van der Waals surface area (Å²) < 4.78 is 5.21. The molecule has 0 bridgehead atoms. The number of hydrogen-bond donors (Lipinski definition) is 2. The number of hydrogen-bond acceptors (Lipinski definition) is 3. The summed E-state index contributed by atoms with van der Waals surface area (Å²) >= 11 is 0. The molecule has 1 aromatic heterocycles. The molecule has 5 heteroatoms. The first-order chi connectivity index (χ1) is 7.33. The molecule has 0 saturated heterocycles. The van der Waals surface area contributed by atoms with Gasteiger partial charge < -0.3 is 10.1 Å². The van der Waals surface area contributed by atoms with Crippen molar-refractivity contribution in [3.05, 3.63) is 18.0 Å². The fourth-order valence-corrected chi connectivity index (χ4v) is 1.08. The predicted molar refractivity (Wildman–Crippen MR) is 56.2 cm³/mol. The van der Waals surface area contributed by atoms with Gasteiger partial charge in [0, 0.05) is 19.2 Å². The number of rotatable bonds is 7. The molecular weight excluding hydrogens is 194 g/mol. The van der Waals surface area contributed by atoms with E-state index in [1.807, 2.05) is 13.0 Å². The molecule has 1 amide bonds. The average Bonchev–Trinajstić information content (AvgIpc) is 2.74. The van der Waals surface area contributed by atoms with Crippen LogP contribution in [-0.4, -0.2) is 29.3 Å². The fraction of sp³-hybridized carbons (Fsp3) is 0.600. The molecule has 0 fully saturated rings. The third-order valence-electron chi connectivity index (χ3n) is 1.86. The van der Waals surface area contributed by atoms with Crippen LogP contribution in [-0.2, 0) is 16.1 Å². The Morgan fingerprint density at radius 3 is 3.13 bits per heavy atom. The highest BCUT2D eigenvalue weighted by Crippen LogP contribution is 1.91. The molecule has 84 valence electrons. The zero-order valence-corrected chi connectivity index (χ0v) is 8.95. The van der Waals surface area contributed by atoms with Gasteiger partial charge in [0.2, 0.25) is 5.91 Å². The number of carbonyl (C=O) groups is 1. The van der Waals surface area contributed by atoms with Gasteiger partial charge in [-0.15, -0.1) is 0 Å². The van der Waals surface area contributed by atoms with Gasteiger partial charge in [-0.3, -0.25) is 9.89 Å². The third-order valence-corrected chi connectivity index (χ3v) is 1.86. The van der Waals surface area contributed by atoms with Crippen LogP contribution in [0.1, 0.15) is 25.5 Å². The van der Waals surface area contributed by atoms with E-state index in [0.717, 1.165) is 12.1 Å². The minimum absolute atomic E-state index is 0.000651. The SMILES string of the molecule is CCCOCCC(=O)NCc1ccn[nH]1. The van der Waals surface area contributed by atoms with E-state index in [1.54, 1.807) is 6.20 Å². The van der Waals surface area contributed by atoms with Crippen molar-refractivity contribution >= 4 is 5.91 Å². The van der Waals surface area contributed by atoms with Crippen molar-refractivity contribution in [2.24, 2.45) is 0 Å². The van der Waals surface area contributed by atoms with E-state index in [-0.39, 0.29) is 5.91 Å². The molecule has 0 aliphatic carbocycles. The molecule has 15 heavy (non-hydrogen) atoms. The molecule has 1 aromatic rings. The Hall–Kier alpha value is -1.36. The number of amides is 1. The molecule has 0 saturated carbocycles. The highest BCUT2D eigenvalue weighted by molar-refractivity contribution is 5.75. The van der Waals surface area contributed by atoms with Crippen LogP contribution in [0, 0.1) is 0 Å². The summed E-state index contributed by atoms with van der Waals surface area (Å²) in [5.41, 5.74) is 0.901. The van der Waals surface area contributed by atoms with Crippen LogP contribution < -0.4 is 5.32 Å². The van der Waals surface area contributed by atoms with Gasteiger partial charge in [0.1, 0.15) is 0 Å². The molecule has 0 aromatic carbocycles. The van der Waals surface area contributed by atoms with E-state index in [9.17, 15) is 4.79 Å². The minimum atomic E-state index is 0.000651. The maximum Gasteiger partial charge on any atom is 0.222 e. The molecule has 1 heterocycles. The largest absolute Gasteiger partial charge is 0.381 e. The van der Waals surface area contributed by atoms with Crippen molar-refractivity contribution in [3.8, 4) is 0 Å². The summed E-state index contributed by atoms with van der Waals surface area (Å²) in [6.45, 7) is 3.74. The summed E-state index contributed by atoms with van der Waals surface area (Å²) in [6.07, 6.45) is 3.05. The summed E-state index contributed by atoms with van der Waals surface area (Å²) in [5.74, 6) is 0.000651. The molecule has 0 aliphatic heterocycles. The quantitative estimate of drug-likeness (QED) is 0.657. The van der Waals surface area contributed by atoms with E-state index in [2.05, 4.69) is 15.5 Å². The van der Waals surface area contributed by atoms with Crippen LogP contribution in [0.25, 0.3) is 0 Å². The van der Waals surface area contributed by atoms with Gasteiger partial charge in [-0.05, 0) is 12.5 Å². The van der Waals surface area contributed by atoms with Crippen LogP contribution in [0.3, 0.4) is 0 Å². The molecule has 0 radical (unpaired) electrons. The molecule has 0 aliphatic rings. The van der Waals surface area contributed by atoms with E-state index in [0.29, 0.717) is 26.2 Å². The van der Waals surface area contributed by atoms with Crippen molar-refractivity contribution < 1.29 is 9.53 Å². The summed E-state index contributed by atoms with van der Waals surface area (Å²) in [4.78, 5) is 11.3. The Morgan fingerprint density at radius 1 is 1.60 bits per heavy atom. The highest BCUT2D eigenvalue weighted by Gasteiger charge is 2.01. The van der Waals surface area contributed by atoms with E-state index in [4.69, 9.17) is 4.74 Å². The normalized spacial score (nSPS) is 10.2. The van der Waals surface area contributed by atoms with Crippen molar-refractivity contribution in [1.29, 1.82) is 0 Å². The maximum atomic E-state index is 11.3. The molecule has 2 N–H and O–H groups in total. The van der Waals surface area contributed by atoms with Gasteiger partial charge in [0.15, 0.2) is 0 Å². The van der Waals surface area contributed by atoms with Gasteiger partial charge in [-0.25, -0.2) is 0 Å². The highest BCUT2D eigenvalue weighted by atomic mass is 16.5. The Bertz CT molecular complexity index is 272. The lowest BCUT2D eigenvalue weighted by Gasteiger charge is -2.04. The van der Waals surface area contributed by atoms with Crippen LogP contribution in [0.15, 0.2) is 12.3 Å². The Balaban J connectivity index is 2.04. The molecule has 0 atom stereocenters. The average molecular weight is 211 g/mol. The lowest BCUT2D eigenvalue weighted by atomic mass is 10.4. The van der Waals surface area contributed by atoms with Gasteiger partial charge >= 0.3 is 0 Å². The first-order valence-electron chi connectivity index (χ1n) is 5.15. The zero-order chi connectivity index (χ0) is 10.9. The number of carbonyl (C=O) groups excluding carboxylic acids is 1. The number of ether oxygens (including phenoxy) is 1. The number of aromatic nitrogens is 2. The number of nitrogens with zero attached hydrogens (tertiary/aromatic N) is 1. The topological polar surface area (TPSA) is 67.0 Å². The van der Waals surface area contributed by atoms with Crippen molar-refractivity contribution in [3.63, 3.8) is 0 Å². The zero-order valence-electron chi connectivity index (χ0n) is 8.95. The summed E-state index contributed by atoms with van der Waals surface area (Å²) in [6, 6.07) is 1.83. The number of aromatic amines is 1. The molecule has 1 rings (SSSR count). The minimum Gasteiger partial charge on any atom is -0.381 e. The van der Waals surface area contributed by atoms with E-state index < -0.39 is 0 Å². The standard InChI is InChI=1S/C10H17N3O2/c1-2-6-15-7-4-10(14)11-8-9-3-5-12-13-9/h3,5H,2,4,6-8H2,1H3,(H,11,14)(H,12,13). The monoisotopic (exact) mass is 211 g/mol. The van der Waals surface area contributed by atoms with Crippen molar-refractivity contribution in [1.82, 2.24) is 15.5 Å². The predicted octanol–water partition coefficient (Wildman–Crippen LogP) is 0.843. The lowest BCUT2D eigenvalue weighted by molar-refractivity contribution is -0.122. The Labute approximate surface area is 89.2 Å². The summed E-state index contributed by atoms with van der Waals surface area (Å²) in [5, 5.41) is 9.33. The molecule has 5 nitrogen and oxygen atoms in total. The van der Waals surface area contributed by atoms with Gasteiger partial charge in [-0.2, -0.15) is 5.10 Å². The molecule has 0 spiro atoms. The second-order valence-electron chi connectivity index (χ2n) is 3.22. The van der Waals surface area contributed by atoms with Gasteiger partial charge in [0.25, 0.3) is 0 Å². The van der Waals surface area contributed by atoms with Crippen molar-refractivity contribution in [2.75, 3.05) is 13.2 Å². The lowest BCUT2D eigenvalue weighted by Crippen LogP contribution is -2.24. The molecule has 0 unspecified atom stereocenters. The smallest absolute Gasteiger partial charge is 0.222 e. The first kappa shape index (κ1) is 11.7. The number of H-pyrrole nitrogens is 1. The van der Waals surface area contributed by atoms with E-state index in [1.165, 1.54) is 0 Å². The third kappa shape index (κ3) is 5.17.